The van der Waals surface area contributed by atoms with Gasteiger partial charge < -0.3 is 60.2 Å². The molecule has 0 spiro atoms. The van der Waals surface area contributed by atoms with Crippen LogP contribution in [0.25, 0.3) is 6.08 Å². The van der Waals surface area contributed by atoms with Crippen molar-refractivity contribution >= 4 is 17.6 Å². The van der Waals surface area contributed by atoms with Gasteiger partial charge in [-0.2, -0.15) is 0 Å². The third kappa shape index (κ3) is 8.06. The molecule has 1 aliphatic rings. The lowest BCUT2D eigenvalue weighted by Gasteiger charge is -2.34. The van der Waals surface area contributed by atoms with Gasteiger partial charge in [0.05, 0.1) is 24.7 Å². The molecule has 0 radical (unpaired) electrons. The largest absolute Gasteiger partial charge is 0.508 e. The third-order valence-corrected chi connectivity index (χ3v) is 8.17. The standard InChI is InChI=1S/C37H36O14/c1-18(40)37(51-32(17-39)30(47)16-38)49-23-14-29(46)34-31(15-23)50-36(20-4-6-21(41)7-5-20)33(35(34)48)25-12-19(3-11-27(25)44)2-10-26(43)24-9-8-22(42)13-28(24)45/h2-15,18,30,32-33,36-42,44-47H,16-17H2,1H3/b10-2+. The van der Waals surface area contributed by atoms with Crippen LogP contribution in [0.2, 0.25) is 0 Å². The molecule has 1 heterocycles. The van der Waals surface area contributed by atoms with Crippen molar-refractivity contribution in [3.8, 4) is 40.2 Å². The smallest absolute Gasteiger partial charge is 0.226 e. The number of Topliss-reactive ketones (excluding diaryl/α,β-unsaturated/α-hetero) is 1. The number of allylic oxidation sites excluding steroid dienone is 1. The molecule has 14 heteroatoms. The number of benzene rings is 4. The number of phenols is 5. The van der Waals surface area contributed by atoms with Crippen molar-refractivity contribution in [2.45, 2.75) is 43.5 Å². The topological polar surface area (TPSA) is 244 Å². The fourth-order valence-corrected chi connectivity index (χ4v) is 5.55. The van der Waals surface area contributed by atoms with Gasteiger partial charge in [-0.15, -0.1) is 0 Å². The predicted octanol–water partition coefficient (Wildman–Crippen LogP) is 3.03. The first-order valence-corrected chi connectivity index (χ1v) is 15.6. The van der Waals surface area contributed by atoms with Crippen LogP contribution in [0.15, 0.2) is 78.9 Å². The van der Waals surface area contributed by atoms with Gasteiger partial charge in [0.1, 0.15) is 70.2 Å². The number of hydrogen-bond donors (Lipinski definition) is 9. The minimum atomic E-state index is -1.52. The summed E-state index contributed by atoms with van der Waals surface area (Å²) in [6.45, 7) is -0.166. The Labute approximate surface area is 290 Å². The number of hydrogen-bond acceptors (Lipinski definition) is 14. The number of carbonyl (C=O) groups is 2. The summed E-state index contributed by atoms with van der Waals surface area (Å²) in [6.07, 6.45) is -4.28. The maximum absolute atomic E-state index is 14.3. The predicted molar refractivity (Wildman–Crippen MR) is 179 cm³/mol. The minimum absolute atomic E-state index is 0.0657. The zero-order chi connectivity index (χ0) is 37.0. The minimum Gasteiger partial charge on any atom is -0.508 e. The summed E-state index contributed by atoms with van der Waals surface area (Å²) in [5.74, 6) is -4.41. The Morgan fingerprint density at radius 1 is 0.843 bits per heavy atom. The highest BCUT2D eigenvalue weighted by Gasteiger charge is 2.43. The Balaban J connectivity index is 1.52. The molecule has 0 amide bonds. The van der Waals surface area contributed by atoms with Crippen molar-refractivity contribution in [3.63, 3.8) is 0 Å². The number of rotatable bonds is 13. The molecule has 0 fully saturated rings. The second kappa shape index (κ2) is 15.5. The summed E-state index contributed by atoms with van der Waals surface area (Å²) in [6, 6.07) is 15.9. The highest BCUT2D eigenvalue weighted by molar-refractivity contribution is 6.09. The van der Waals surface area contributed by atoms with Crippen LogP contribution < -0.4 is 9.47 Å². The van der Waals surface area contributed by atoms with E-state index >= 15 is 0 Å². The Kier molecular flexibility index (Phi) is 11.1. The number of phenolic OH excluding ortho intramolecular Hbond substituents is 5. The lowest BCUT2D eigenvalue weighted by molar-refractivity contribution is -0.201. The molecule has 4 aromatic rings. The van der Waals surface area contributed by atoms with Crippen LogP contribution in [0, 0.1) is 0 Å². The fourth-order valence-electron chi connectivity index (χ4n) is 5.55. The van der Waals surface area contributed by atoms with Gasteiger partial charge in [-0.3, -0.25) is 9.59 Å². The number of aliphatic hydroxyl groups is 4. The molecule has 9 N–H and O–H groups in total. The normalized spacial score (nSPS) is 18.0. The number of aromatic hydroxyl groups is 5. The SMILES string of the molecule is CC(O)C(Oc1cc(O)c2c(c1)OC(c1ccc(O)cc1)C(c1cc(/C=C/C(=O)c3ccc(O)cc3O)ccc1O)C2=O)OC(CO)C(O)CO. The maximum atomic E-state index is 14.3. The molecule has 6 unspecified atom stereocenters. The highest BCUT2D eigenvalue weighted by Crippen LogP contribution is 2.50. The van der Waals surface area contributed by atoms with Crippen molar-refractivity contribution in [2.24, 2.45) is 0 Å². The second-order valence-electron chi connectivity index (χ2n) is 11.8. The first-order valence-electron chi connectivity index (χ1n) is 15.6. The van der Waals surface area contributed by atoms with Gasteiger partial charge in [0, 0.05) is 23.8 Å². The van der Waals surface area contributed by atoms with Gasteiger partial charge in [-0.1, -0.05) is 24.3 Å². The molecule has 0 aliphatic carbocycles. The average molecular weight is 705 g/mol. The summed E-state index contributed by atoms with van der Waals surface area (Å²) in [4.78, 5) is 27.1. The molecular formula is C37H36O14. The van der Waals surface area contributed by atoms with Crippen molar-refractivity contribution in [2.75, 3.05) is 13.2 Å². The van der Waals surface area contributed by atoms with Gasteiger partial charge in [-0.05, 0) is 60.5 Å². The lowest BCUT2D eigenvalue weighted by Crippen LogP contribution is -2.43. The zero-order valence-corrected chi connectivity index (χ0v) is 27.0. The molecule has 1 aliphatic heterocycles. The Hall–Kier alpha value is -5.64. The van der Waals surface area contributed by atoms with Gasteiger partial charge in [0.2, 0.25) is 6.29 Å². The maximum Gasteiger partial charge on any atom is 0.226 e. The summed E-state index contributed by atoms with van der Waals surface area (Å²) < 4.78 is 17.5. The summed E-state index contributed by atoms with van der Waals surface area (Å²) in [5, 5.41) is 90.7. The van der Waals surface area contributed by atoms with E-state index in [1.807, 2.05) is 0 Å². The first kappa shape index (κ1) is 36.6. The van der Waals surface area contributed by atoms with Crippen LogP contribution in [-0.4, -0.2) is 95.3 Å². The molecule has 51 heavy (non-hydrogen) atoms. The van der Waals surface area contributed by atoms with Crippen molar-refractivity contribution in [3.05, 3.63) is 107 Å². The van der Waals surface area contributed by atoms with Crippen LogP contribution in [0.1, 0.15) is 56.4 Å². The highest BCUT2D eigenvalue weighted by atomic mass is 16.7. The van der Waals surface area contributed by atoms with E-state index in [1.54, 1.807) is 0 Å². The molecule has 4 aromatic carbocycles. The molecule has 0 aromatic heterocycles. The van der Waals surface area contributed by atoms with E-state index < -0.39 is 72.9 Å². The molecule has 0 saturated heterocycles. The van der Waals surface area contributed by atoms with E-state index in [-0.39, 0.29) is 45.4 Å². The van der Waals surface area contributed by atoms with E-state index in [9.17, 15) is 55.5 Å². The second-order valence-corrected chi connectivity index (χ2v) is 11.8. The molecule has 0 saturated carbocycles. The number of fused-ring (bicyclic) bond motifs is 1. The summed E-state index contributed by atoms with van der Waals surface area (Å²) in [7, 11) is 0. The average Bonchev–Trinajstić information content (AvgIpc) is 3.09. The Morgan fingerprint density at radius 2 is 1.55 bits per heavy atom. The van der Waals surface area contributed by atoms with Crippen LogP contribution in [0.3, 0.4) is 0 Å². The summed E-state index contributed by atoms with van der Waals surface area (Å²) in [5.41, 5.74) is 0.519. The van der Waals surface area contributed by atoms with Gasteiger partial charge in [0.25, 0.3) is 0 Å². The monoisotopic (exact) mass is 704 g/mol. The number of carbonyl (C=O) groups excluding carboxylic acids is 2. The van der Waals surface area contributed by atoms with Crippen molar-refractivity contribution in [1.29, 1.82) is 0 Å². The Bertz CT molecular complexity index is 1920. The third-order valence-electron chi connectivity index (χ3n) is 8.17. The molecule has 268 valence electrons. The van der Waals surface area contributed by atoms with Gasteiger partial charge >= 0.3 is 0 Å². The number of ketones is 2. The van der Waals surface area contributed by atoms with Crippen LogP contribution in [0.5, 0.6) is 40.2 Å². The Morgan fingerprint density at radius 3 is 2.20 bits per heavy atom. The van der Waals surface area contributed by atoms with Crippen molar-refractivity contribution < 1.29 is 69.8 Å². The molecular weight excluding hydrogens is 668 g/mol. The van der Waals surface area contributed by atoms with E-state index in [0.717, 1.165) is 12.1 Å². The van der Waals surface area contributed by atoms with Crippen LogP contribution in [0.4, 0.5) is 0 Å². The molecule has 5 rings (SSSR count). The van der Waals surface area contributed by atoms with E-state index in [1.165, 1.54) is 79.7 Å². The van der Waals surface area contributed by atoms with Crippen LogP contribution in [-0.2, 0) is 4.74 Å². The first-order chi connectivity index (χ1) is 24.3. The van der Waals surface area contributed by atoms with E-state index in [2.05, 4.69) is 0 Å². The molecule has 14 nitrogen and oxygen atoms in total. The van der Waals surface area contributed by atoms with Gasteiger partial charge in [0.15, 0.2) is 11.6 Å². The van der Waals surface area contributed by atoms with Gasteiger partial charge in [-0.25, -0.2) is 0 Å². The number of aliphatic hydroxyl groups excluding tert-OH is 4. The zero-order valence-electron chi connectivity index (χ0n) is 27.0. The van der Waals surface area contributed by atoms with E-state index in [0.29, 0.717) is 11.1 Å². The lowest BCUT2D eigenvalue weighted by atomic mass is 9.80. The molecule has 6 atom stereocenters. The number of ether oxygens (including phenoxy) is 3. The fraction of sp³-hybridized carbons (Fsp3) is 0.243. The van der Waals surface area contributed by atoms with E-state index in [4.69, 9.17) is 14.2 Å². The quantitative estimate of drug-likeness (QED) is 0.0552. The summed E-state index contributed by atoms with van der Waals surface area (Å²) >= 11 is 0. The van der Waals surface area contributed by atoms with Crippen LogP contribution >= 0.6 is 0 Å². The molecule has 0 bridgehead atoms. The van der Waals surface area contributed by atoms with Crippen molar-refractivity contribution in [1.82, 2.24) is 0 Å².